The van der Waals surface area contributed by atoms with Crippen molar-refractivity contribution in [3.63, 3.8) is 0 Å². The lowest BCUT2D eigenvalue weighted by Gasteiger charge is -2.25. The summed E-state index contributed by atoms with van der Waals surface area (Å²) < 4.78 is 84.0. The van der Waals surface area contributed by atoms with Crippen molar-refractivity contribution in [3.05, 3.63) is 0 Å². The summed E-state index contributed by atoms with van der Waals surface area (Å²) in [6.07, 6.45) is -5.87. The molecule has 0 spiro atoms. The number of rotatable bonds is 0. The Morgan fingerprint density at radius 3 is 1.71 bits per heavy atom. The number of carbonyl (C=O) groups excluding carboxylic acids is 1. The molecular weight excluding hydrogens is 225 g/mol. The van der Waals surface area contributed by atoms with Crippen LogP contribution in [0.5, 0.6) is 0 Å². The number of hydrogen-bond donors (Lipinski definition) is 1. The molecule has 0 bridgehead atoms. The van der Waals surface area contributed by atoms with Crippen LogP contribution in [-0.2, 0) is 0 Å². The fourth-order valence-electron chi connectivity index (χ4n) is 0.808. The molecule has 3 nitrogen and oxygen atoms in total. The maximum Gasteiger partial charge on any atom is 0.493 e. The summed E-state index contributed by atoms with van der Waals surface area (Å²) in [7, 11) is 0. The second-order valence-electron chi connectivity index (χ2n) is 2.35. The molecule has 1 rings (SSSR count). The second-order valence-corrected chi connectivity index (χ2v) is 2.35. The summed E-state index contributed by atoms with van der Waals surface area (Å²) in [4.78, 5) is 8.03. The molecule has 0 saturated carbocycles. The van der Waals surface area contributed by atoms with E-state index in [2.05, 4.69) is 0 Å². The molecule has 14 heavy (non-hydrogen) atoms. The third kappa shape index (κ3) is 1.24. The molecule has 1 saturated heterocycles. The van der Waals surface area contributed by atoms with E-state index in [1.54, 1.807) is 0 Å². The van der Waals surface area contributed by atoms with Gasteiger partial charge in [0.05, 0.1) is 0 Å². The largest absolute Gasteiger partial charge is 0.493 e. The van der Waals surface area contributed by atoms with Gasteiger partial charge in [-0.2, -0.15) is 22.5 Å². The van der Waals surface area contributed by atoms with E-state index in [1.165, 1.54) is 0 Å². The van der Waals surface area contributed by atoms with Crippen LogP contribution < -0.4 is 5.32 Å². The monoisotopic (exact) mass is 226 g/mol. The van der Waals surface area contributed by atoms with E-state index in [9.17, 15) is 35.5 Å². The van der Waals surface area contributed by atoms with Gasteiger partial charge in [0.25, 0.3) is 0 Å². The fraction of sp³-hybridized carbons (Fsp3) is 0.750. The Balaban J connectivity index is 3.16. The van der Waals surface area contributed by atoms with Crippen LogP contribution in [0.25, 0.3) is 0 Å². The lowest BCUT2D eigenvalue weighted by Crippen LogP contribution is -2.53. The van der Waals surface area contributed by atoms with Crippen molar-refractivity contribution >= 4 is 6.03 Å². The molecule has 1 fully saturated rings. The Bertz CT molecular complexity index is 271. The van der Waals surface area contributed by atoms with Crippen molar-refractivity contribution in [2.45, 2.75) is 18.4 Å². The Kier molecular flexibility index (Phi) is 1.88. The normalized spacial score (nSPS) is 25.1. The average molecular weight is 226 g/mol. The van der Waals surface area contributed by atoms with Crippen LogP contribution in [0.15, 0.2) is 0 Å². The van der Waals surface area contributed by atoms with Crippen LogP contribution in [0.2, 0.25) is 0 Å². The van der Waals surface area contributed by atoms with Gasteiger partial charge in [0.15, 0.2) is 0 Å². The van der Waals surface area contributed by atoms with E-state index in [0.29, 0.717) is 0 Å². The first-order valence-electron chi connectivity index (χ1n) is 2.95. The van der Waals surface area contributed by atoms with Gasteiger partial charge in [-0.25, -0.2) is 4.79 Å². The van der Waals surface area contributed by atoms with Crippen molar-refractivity contribution in [1.82, 2.24) is 10.2 Å². The molecule has 82 valence electrons. The van der Waals surface area contributed by atoms with Crippen LogP contribution in [-0.4, -0.2) is 29.3 Å². The second kappa shape index (κ2) is 2.42. The minimum absolute atomic E-state index is 0.224. The SMILES string of the molecule is O=C1NC(F)(F)C(F)(F)N1C(F)(F)F. The van der Waals surface area contributed by atoms with Crippen LogP contribution in [0, 0.1) is 0 Å². The number of carbonyl (C=O) groups is 1. The van der Waals surface area contributed by atoms with Gasteiger partial charge in [-0.15, -0.1) is 13.2 Å². The molecule has 0 unspecified atom stereocenters. The van der Waals surface area contributed by atoms with Crippen LogP contribution in [0.3, 0.4) is 0 Å². The molecule has 1 heterocycles. The van der Waals surface area contributed by atoms with Gasteiger partial charge in [-0.05, 0) is 0 Å². The van der Waals surface area contributed by atoms with Crippen molar-refractivity contribution < 1.29 is 35.5 Å². The number of nitrogens with one attached hydrogen (secondary N) is 1. The summed E-state index contributed by atoms with van der Waals surface area (Å²) in [6.45, 7) is 0. The third-order valence-corrected chi connectivity index (χ3v) is 1.38. The van der Waals surface area contributed by atoms with E-state index in [1.807, 2.05) is 0 Å². The third-order valence-electron chi connectivity index (χ3n) is 1.38. The van der Waals surface area contributed by atoms with E-state index in [-0.39, 0.29) is 5.32 Å². The molecule has 2 amide bonds. The Hall–Kier alpha value is -1.22. The Morgan fingerprint density at radius 2 is 1.57 bits per heavy atom. The maximum absolute atomic E-state index is 12.3. The highest BCUT2D eigenvalue weighted by Crippen LogP contribution is 2.45. The molecule has 0 atom stereocenters. The van der Waals surface area contributed by atoms with Gasteiger partial charge in [0, 0.05) is 0 Å². The van der Waals surface area contributed by atoms with Crippen molar-refractivity contribution in [2.75, 3.05) is 0 Å². The number of urea groups is 1. The molecule has 0 aromatic rings. The molecule has 1 aliphatic rings. The minimum Gasteiger partial charge on any atom is -0.272 e. The molecule has 0 aliphatic carbocycles. The summed E-state index contributed by atoms with van der Waals surface area (Å²) >= 11 is 0. The zero-order chi connectivity index (χ0) is 11.4. The fourth-order valence-corrected chi connectivity index (χ4v) is 0.808. The zero-order valence-corrected chi connectivity index (χ0v) is 6.00. The number of amides is 2. The number of alkyl halides is 7. The quantitative estimate of drug-likeness (QED) is 0.495. The van der Waals surface area contributed by atoms with Crippen molar-refractivity contribution in [1.29, 1.82) is 0 Å². The first kappa shape index (κ1) is 10.9. The molecule has 0 radical (unpaired) electrons. The van der Waals surface area contributed by atoms with Crippen molar-refractivity contribution in [2.24, 2.45) is 0 Å². The van der Waals surface area contributed by atoms with Crippen LogP contribution in [0.4, 0.5) is 35.5 Å². The summed E-state index contributed by atoms with van der Waals surface area (Å²) in [5.74, 6) is 0. The summed E-state index contributed by atoms with van der Waals surface area (Å²) in [5, 5.41) is 0.224. The van der Waals surface area contributed by atoms with Crippen LogP contribution in [0.1, 0.15) is 0 Å². The smallest absolute Gasteiger partial charge is 0.272 e. The molecule has 0 aromatic carbocycles. The van der Waals surface area contributed by atoms with Gasteiger partial charge < -0.3 is 0 Å². The van der Waals surface area contributed by atoms with Gasteiger partial charge >= 0.3 is 24.4 Å². The number of nitrogens with zero attached hydrogens (tertiary/aromatic N) is 1. The topological polar surface area (TPSA) is 32.3 Å². The van der Waals surface area contributed by atoms with Gasteiger partial charge in [-0.1, -0.05) is 0 Å². The van der Waals surface area contributed by atoms with E-state index < -0.39 is 29.3 Å². The summed E-state index contributed by atoms with van der Waals surface area (Å²) in [6, 6.07) is -13.4. The first-order valence-corrected chi connectivity index (χ1v) is 2.95. The first-order chi connectivity index (χ1) is 6.00. The zero-order valence-electron chi connectivity index (χ0n) is 6.00. The highest BCUT2D eigenvalue weighted by molar-refractivity contribution is 5.78. The lowest BCUT2D eigenvalue weighted by molar-refractivity contribution is -0.342. The maximum atomic E-state index is 12.3. The molecule has 1 aliphatic heterocycles. The van der Waals surface area contributed by atoms with E-state index in [4.69, 9.17) is 0 Å². The van der Waals surface area contributed by atoms with E-state index >= 15 is 0 Å². The van der Waals surface area contributed by atoms with Gasteiger partial charge in [0.2, 0.25) is 0 Å². The standard InChI is InChI=1S/C4HF7N2O/c5-2(6)3(7,8)13(1(14)12-2)4(9,10)11/h(H,12,14). The molecule has 1 N–H and O–H groups in total. The van der Waals surface area contributed by atoms with Crippen LogP contribution >= 0.6 is 0 Å². The predicted molar refractivity (Wildman–Crippen MR) is 26.3 cm³/mol. The van der Waals surface area contributed by atoms with Crippen molar-refractivity contribution in [3.8, 4) is 0 Å². The molecular formula is C4HF7N2O. The average Bonchev–Trinajstić information content (AvgIpc) is 1.93. The lowest BCUT2D eigenvalue weighted by atomic mass is 10.4. The highest BCUT2D eigenvalue weighted by Gasteiger charge is 2.75. The number of halogens is 7. The van der Waals surface area contributed by atoms with Gasteiger partial charge in [-0.3, -0.25) is 5.32 Å². The van der Waals surface area contributed by atoms with Gasteiger partial charge in [0.1, 0.15) is 0 Å². The summed E-state index contributed by atoms with van der Waals surface area (Å²) in [5.41, 5.74) is 0. The number of hydrogen-bond acceptors (Lipinski definition) is 1. The van der Waals surface area contributed by atoms with E-state index in [0.717, 1.165) is 0 Å². The molecule has 0 aromatic heterocycles. The minimum atomic E-state index is -5.87. The predicted octanol–water partition coefficient (Wildman–Crippen LogP) is 1.72. The highest BCUT2D eigenvalue weighted by atomic mass is 19.4. The Labute approximate surface area is 71.5 Å². The Morgan fingerprint density at radius 1 is 1.14 bits per heavy atom. The molecule has 10 heteroatoms.